The predicted molar refractivity (Wildman–Crippen MR) is 84.2 cm³/mol. The minimum Gasteiger partial charge on any atom is -0.314 e. The van der Waals surface area contributed by atoms with Crippen LogP contribution in [0.1, 0.15) is 70.1 Å². The third kappa shape index (κ3) is 3.64. The predicted octanol–water partition coefficient (Wildman–Crippen LogP) is 2.19. The first-order valence-corrected chi connectivity index (χ1v) is 8.65. The molecule has 2 aliphatic rings. The van der Waals surface area contributed by atoms with Crippen molar-refractivity contribution < 1.29 is 0 Å². The third-order valence-corrected chi connectivity index (χ3v) is 4.86. The third-order valence-electron chi connectivity index (χ3n) is 4.86. The van der Waals surface area contributed by atoms with E-state index < -0.39 is 0 Å². The van der Waals surface area contributed by atoms with Crippen molar-refractivity contribution in [3.8, 4) is 0 Å². The molecule has 0 aliphatic carbocycles. The quantitative estimate of drug-likeness (QED) is 0.873. The molecular weight excluding hydrogens is 262 g/mol. The van der Waals surface area contributed by atoms with Gasteiger partial charge in [-0.05, 0) is 52.5 Å². The van der Waals surface area contributed by atoms with Crippen molar-refractivity contribution in [2.24, 2.45) is 0 Å². The summed E-state index contributed by atoms with van der Waals surface area (Å²) in [5.41, 5.74) is 0. The van der Waals surface area contributed by atoms with Crippen LogP contribution in [0.2, 0.25) is 0 Å². The average Bonchev–Trinajstić information content (AvgIpc) is 3.04. The zero-order chi connectivity index (χ0) is 14.7. The van der Waals surface area contributed by atoms with E-state index in [9.17, 15) is 0 Å². The van der Waals surface area contributed by atoms with Gasteiger partial charge < -0.3 is 15.2 Å². The molecule has 1 fully saturated rings. The maximum absolute atomic E-state index is 4.46. The Morgan fingerprint density at radius 3 is 2.95 bits per heavy atom. The van der Waals surface area contributed by atoms with E-state index in [4.69, 9.17) is 0 Å². The topological polar surface area (TPSA) is 54.8 Å². The lowest BCUT2D eigenvalue weighted by atomic mass is 10.1. The van der Waals surface area contributed by atoms with Crippen molar-refractivity contribution in [3.05, 3.63) is 11.6 Å². The lowest BCUT2D eigenvalue weighted by molar-refractivity contribution is 0.391. The van der Waals surface area contributed by atoms with Gasteiger partial charge in [-0.25, -0.2) is 0 Å². The molecule has 2 aliphatic heterocycles. The van der Waals surface area contributed by atoms with Gasteiger partial charge in [-0.15, -0.1) is 10.2 Å². The molecule has 3 unspecified atom stereocenters. The van der Waals surface area contributed by atoms with Crippen molar-refractivity contribution in [3.63, 3.8) is 0 Å². The van der Waals surface area contributed by atoms with Crippen LogP contribution >= 0.6 is 0 Å². The lowest BCUT2D eigenvalue weighted by Gasteiger charge is -2.22. The molecule has 5 nitrogen and oxygen atoms in total. The highest BCUT2D eigenvalue weighted by atomic mass is 15.3. The SMILES string of the molecule is CC(CC1CCCN1)NC(C)c1nnc2n1CCCCC2. The van der Waals surface area contributed by atoms with Gasteiger partial charge in [-0.2, -0.15) is 0 Å². The zero-order valence-electron chi connectivity index (χ0n) is 13.4. The molecule has 2 N–H and O–H groups in total. The molecule has 1 aromatic rings. The van der Waals surface area contributed by atoms with E-state index in [-0.39, 0.29) is 6.04 Å². The molecule has 0 amide bonds. The number of fused-ring (bicyclic) bond motifs is 1. The summed E-state index contributed by atoms with van der Waals surface area (Å²) < 4.78 is 2.35. The Morgan fingerprint density at radius 1 is 1.24 bits per heavy atom. The van der Waals surface area contributed by atoms with Crippen LogP contribution in [0.25, 0.3) is 0 Å². The van der Waals surface area contributed by atoms with E-state index in [1.54, 1.807) is 0 Å². The van der Waals surface area contributed by atoms with Crippen LogP contribution in [0, 0.1) is 0 Å². The van der Waals surface area contributed by atoms with Crippen LogP contribution < -0.4 is 10.6 Å². The van der Waals surface area contributed by atoms with Crippen molar-refractivity contribution in [1.29, 1.82) is 0 Å². The van der Waals surface area contributed by atoms with Gasteiger partial charge in [0.25, 0.3) is 0 Å². The first kappa shape index (κ1) is 15.0. The van der Waals surface area contributed by atoms with Crippen molar-refractivity contribution in [2.45, 2.75) is 83.5 Å². The Morgan fingerprint density at radius 2 is 2.14 bits per heavy atom. The van der Waals surface area contributed by atoms with Gasteiger partial charge in [0.05, 0.1) is 6.04 Å². The van der Waals surface area contributed by atoms with Gasteiger partial charge in [0, 0.05) is 25.0 Å². The maximum atomic E-state index is 4.46. The minimum absolute atomic E-state index is 0.278. The standard InChI is InChI=1S/C16H29N5/c1-12(11-14-7-6-9-17-14)18-13(2)16-20-19-15-8-4-3-5-10-21(15)16/h12-14,17-18H,3-11H2,1-2H3. The maximum Gasteiger partial charge on any atom is 0.149 e. The average molecular weight is 291 g/mol. The summed E-state index contributed by atoms with van der Waals surface area (Å²) in [6.45, 7) is 6.78. The van der Waals surface area contributed by atoms with E-state index in [0.29, 0.717) is 12.1 Å². The van der Waals surface area contributed by atoms with Crippen molar-refractivity contribution in [1.82, 2.24) is 25.4 Å². The van der Waals surface area contributed by atoms with Gasteiger partial charge in [0.15, 0.2) is 0 Å². The first-order valence-electron chi connectivity index (χ1n) is 8.65. The number of aryl methyl sites for hydroxylation is 1. The molecule has 0 saturated carbocycles. The Kier molecular flexibility index (Phi) is 4.91. The summed E-state index contributed by atoms with van der Waals surface area (Å²) in [6, 6.07) is 1.48. The van der Waals surface area contributed by atoms with E-state index in [0.717, 1.165) is 18.8 Å². The summed E-state index contributed by atoms with van der Waals surface area (Å²) in [5.74, 6) is 2.30. The van der Waals surface area contributed by atoms with Gasteiger partial charge in [-0.3, -0.25) is 0 Å². The monoisotopic (exact) mass is 291 g/mol. The van der Waals surface area contributed by atoms with Gasteiger partial charge in [-0.1, -0.05) is 6.42 Å². The van der Waals surface area contributed by atoms with Crippen LogP contribution in [-0.2, 0) is 13.0 Å². The van der Waals surface area contributed by atoms with E-state index in [1.165, 1.54) is 50.9 Å². The molecule has 0 bridgehead atoms. The highest BCUT2D eigenvalue weighted by Crippen LogP contribution is 2.20. The van der Waals surface area contributed by atoms with Gasteiger partial charge >= 0.3 is 0 Å². The highest BCUT2D eigenvalue weighted by Gasteiger charge is 2.22. The summed E-state index contributed by atoms with van der Waals surface area (Å²) in [7, 11) is 0. The Balaban J connectivity index is 1.59. The second-order valence-corrected chi connectivity index (χ2v) is 6.76. The summed E-state index contributed by atoms with van der Waals surface area (Å²) >= 11 is 0. The molecule has 3 atom stereocenters. The zero-order valence-corrected chi connectivity index (χ0v) is 13.4. The van der Waals surface area contributed by atoms with E-state index in [2.05, 4.69) is 39.2 Å². The number of nitrogens with zero attached hydrogens (tertiary/aromatic N) is 3. The van der Waals surface area contributed by atoms with Crippen molar-refractivity contribution >= 4 is 0 Å². The molecule has 5 heteroatoms. The number of hydrogen-bond donors (Lipinski definition) is 2. The van der Waals surface area contributed by atoms with Crippen LogP contribution in [0.3, 0.4) is 0 Å². The molecule has 0 aromatic carbocycles. The van der Waals surface area contributed by atoms with Crippen molar-refractivity contribution in [2.75, 3.05) is 6.54 Å². The molecule has 0 radical (unpaired) electrons. The number of aromatic nitrogens is 3. The molecular formula is C16H29N5. The second-order valence-electron chi connectivity index (χ2n) is 6.76. The summed E-state index contributed by atoms with van der Waals surface area (Å²) in [4.78, 5) is 0. The Hall–Kier alpha value is -0.940. The molecule has 3 heterocycles. The first-order chi connectivity index (χ1) is 10.2. The Labute approximate surface area is 127 Å². The van der Waals surface area contributed by atoms with Crippen LogP contribution in [0.4, 0.5) is 0 Å². The van der Waals surface area contributed by atoms with Crippen LogP contribution in [0.15, 0.2) is 0 Å². The smallest absolute Gasteiger partial charge is 0.149 e. The van der Waals surface area contributed by atoms with Gasteiger partial charge in [0.1, 0.15) is 11.6 Å². The van der Waals surface area contributed by atoms with E-state index >= 15 is 0 Å². The number of rotatable bonds is 5. The normalized spacial score (nSPS) is 25.3. The molecule has 0 spiro atoms. The molecule has 1 aromatic heterocycles. The van der Waals surface area contributed by atoms with E-state index in [1.807, 2.05) is 0 Å². The van der Waals surface area contributed by atoms with Gasteiger partial charge in [0.2, 0.25) is 0 Å². The number of hydrogen-bond acceptors (Lipinski definition) is 4. The summed E-state index contributed by atoms with van der Waals surface area (Å²) in [6.07, 6.45) is 8.75. The van der Waals surface area contributed by atoms with Crippen LogP contribution in [-0.4, -0.2) is 33.4 Å². The molecule has 1 saturated heterocycles. The fourth-order valence-electron chi connectivity index (χ4n) is 3.78. The lowest BCUT2D eigenvalue weighted by Crippen LogP contribution is -2.36. The molecule has 21 heavy (non-hydrogen) atoms. The fourth-order valence-corrected chi connectivity index (χ4v) is 3.78. The Bertz CT molecular complexity index is 450. The number of nitrogens with one attached hydrogen (secondary N) is 2. The minimum atomic E-state index is 0.278. The van der Waals surface area contributed by atoms with Crippen LogP contribution in [0.5, 0.6) is 0 Å². The molecule has 3 rings (SSSR count). The largest absolute Gasteiger partial charge is 0.314 e. The second kappa shape index (κ2) is 6.88. The molecule has 118 valence electrons. The fraction of sp³-hybridized carbons (Fsp3) is 0.875. The highest BCUT2D eigenvalue weighted by molar-refractivity contribution is 5.02. The summed E-state index contributed by atoms with van der Waals surface area (Å²) in [5, 5.41) is 16.2.